The van der Waals surface area contributed by atoms with Crippen LogP contribution in [0.4, 0.5) is 0 Å². The van der Waals surface area contributed by atoms with E-state index in [9.17, 15) is 0 Å². The molecule has 1 aliphatic heterocycles. The third-order valence-electron chi connectivity index (χ3n) is 3.20. The molecule has 2 rings (SSSR count). The van der Waals surface area contributed by atoms with Crippen molar-refractivity contribution >= 4 is 11.3 Å². The van der Waals surface area contributed by atoms with Crippen LogP contribution in [-0.4, -0.2) is 35.6 Å². The highest BCUT2D eigenvalue weighted by Gasteiger charge is 2.25. The first-order valence-electron chi connectivity index (χ1n) is 6.02. The van der Waals surface area contributed by atoms with Crippen LogP contribution < -0.4 is 5.32 Å². The Morgan fingerprint density at radius 2 is 2.44 bits per heavy atom. The topological polar surface area (TPSA) is 28.2 Å². The number of piperazine rings is 1. The quantitative estimate of drug-likeness (QED) is 0.873. The number of hydrogen-bond acceptors (Lipinski definition) is 4. The van der Waals surface area contributed by atoms with Crippen LogP contribution >= 0.6 is 11.3 Å². The van der Waals surface area contributed by atoms with Crippen molar-refractivity contribution in [2.75, 3.05) is 19.6 Å². The van der Waals surface area contributed by atoms with Crippen molar-refractivity contribution in [2.45, 2.75) is 33.4 Å². The molecule has 1 aromatic heterocycles. The van der Waals surface area contributed by atoms with Crippen LogP contribution in [0.25, 0.3) is 0 Å². The fourth-order valence-electron chi connectivity index (χ4n) is 2.31. The van der Waals surface area contributed by atoms with E-state index in [2.05, 4.69) is 41.4 Å². The first-order valence-corrected chi connectivity index (χ1v) is 6.90. The molecule has 1 N–H and O–H groups in total. The number of nitrogens with one attached hydrogen (secondary N) is 1. The number of aromatic nitrogens is 1. The molecular formula is C12H21N3S. The Hall–Kier alpha value is -0.450. The van der Waals surface area contributed by atoms with Crippen molar-refractivity contribution < 1.29 is 0 Å². The maximum Gasteiger partial charge on any atom is 0.0897 e. The van der Waals surface area contributed by atoms with Gasteiger partial charge in [0.25, 0.3) is 0 Å². The van der Waals surface area contributed by atoms with Crippen LogP contribution in [0.3, 0.4) is 0 Å². The molecule has 1 unspecified atom stereocenters. The van der Waals surface area contributed by atoms with E-state index in [0.717, 1.165) is 26.2 Å². The predicted octanol–water partition coefficient (Wildman–Crippen LogP) is 1.88. The molecule has 0 saturated carbocycles. The smallest absolute Gasteiger partial charge is 0.0897 e. The summed E-state index contributed by atoms with van der Waals surface area (Å²) in [5.74, 6) is 0.701. The third kappa shape index (κ3) is 2.81. The minimum atomic E-state index is 0.649. The molecule has 0 radical (unpaired) electrons. The summed E-state index contributed by atoms with van der Waals surface area (Å²) in [7, 11) is 0. The lowest BCUT2D eigenvalue weighted by Crippen LogP contribution is -2.53. The van der Waals surface area contributed by atoms with Gasteiger partial charge in [-0.2, -0.15) is 0 Å². The molecule has 90 valence electrons. The van der Waals surface area contributed by atoms with Gasteiger partial charge in [0.15, 0.2) is 0 Å². The average Bonchev–Trinajstić information content (AvgIpc) is 2.64. The zero-order valence-electron chi connectivity index (χ0n) is 10.4. The van der Waals surface area contributed by atoms with Crippen molar-refractivity contribution in [3.8, 4) is 0 Å². The van der Waals surface area contributed by atoms with Crippen molar-refractivity contribution in [3.05, 3.63) is 16.1 Å². The molecule has 1 fully saturated rings. The highest BCUT2D eigenvalue weighted by molar-refractivity contribution is 7.09. The van der Waals surface area contributed by atoms with Gasteiger partial charge in [0, 0.05) is 37.6 Å². The number of rotatable bonds is 3. The maximum absolute atomic E-state index is 4.56. The Balaban J connectivity index is 2.01. The Morgan fingerprint density at radius 1 is 1.62 bits per heavy atom. The molecule has 0 bridgehead atoms. The summed E-state index contributed by atoms with van der Waals surface area (Å²) < 4.78 is 0. The number of hydrogen-bond donors (Lipinski definition) is 1. The van der Waals surface area contributed by atoms with Gasteiger partial charge in [0.1, 0.15) is 0 Å². The summed E-state index contributed by atoms with van der Waals surface area (Å²) in [6.45, 7) is 11.0. The lowest BCUT2D eigenvalue weighted by atomic mass is 10.0. The predicted molar refractivity (Wildman–Crippen MR) is 68.8 cm³/mol. The SMILES string of the molecule is Cc1nc(CN2CCNCC2C(C)C)cs1. The Labute approximate surface area is 102 Å². The van der Waals surface area contributed by atoms with E-state index in [1.165, 1.54) is 10.7 Å². The second-order valence-electron chi connectivity index (χ2n) is 4.84. The Morgan fingerprint density at radius 3 is 3.06 bits per heavy atom. The van der Waals surface area contributed by atoms with Gasteiger partial charge in [-0.25, -0.2) is 4.98 Å². The van der Waals surface area contributed by atoms with Gasteiger partial charge >= 0.3 is 0 Å². The number of thiazole rings is 1. The molecule has 1 saturated heterocycles. The second kappa shape index (κ2) is 5.25. The van der Waals surface area contributed by atoms with Crippen molar-refractivity contribution in [3.63, 3.8) is 0 Å². The average molecular weight is 239 g/mol. The lowest BCUT2D eigenvalue weighted by molar-refractivity contribution is 0.116. The molecule has 0 amide bonds. The highest BCUT2D eigenvalue weighted by Crippen LogP contribution is 2.17. The molecule has 16 heavy (non-hydrogen) atoms. The monoisotopic (exact) mass is 239 g/mol. The minimum absolute atomic E-state index is 0.649. The largest absolute Gasteiger partial charge is 0.314 e. The maximum atomic E-state index is 4.56. The summed E-state index contributed by atoms with van der Waals surface area (Å²) in [4.78, 5) is 7.12. The summed E-state index contributed by atoms with van der Waals surface area (Å²) in [6, 6.07) is 0.649. The van der Waals surface area contributed by atoms with E-state index in [1.54, 1.807) is 11.3 Å². The van der Waals surface area contributed by atoms with E-state index in [0.29, 0.717) is 12.0 Å². The van der Waals surface area contributed by atoms with Crippen LogP contribution in [-0.2, 0) is 6.54 Å². The molecule has 3 nitrogen and oxygen atoms in total. The van der Waals surface area contributed by atoms with Gasteiger partial charge in [0.05, 0.1) is 10.7 Å². The fraction of sp³-hybridized carbons (Fsp3) is 0.750. The Bertz CT molecular complexity index is 335. The summed E-state index contributed by atoms with van der Waals surface area (Å²) in [5.41, 5.74) is 1.23. The van der Waals surface area contributed by atoms with Crippen molar-refractivity contribution in [1.82, 2.24) is 15.2 Å². The van der Waals surface area contributed by atoms with Crippen LogP contribution in [0.1, 0.15) is 24.5 Å². The van der Waals surface area contributed by atoms with Gasteiger partial charge in [-0.15, -0.1) is 11.3 Å². The number of aryl methyl sites for hydroxylation is 1. The van der Waals surface area contributed by atoms with Crippen LogP contribution in [0.15, 0.2) is 5.38 Å². The zero-order valence-corrected chi connectivity index (χ0v) is 11.2. The van der Waals surface area contributed by atoms with E-state index >= 15 is 0 Å². The van der Waals surface area contributed by atoms with E-state index in [1.807, 2.05) is 0 Å². The van der Waals surface area contributed by atoms with Crippen LogP contribution in [0, 0.1) is 12.8 Å². The summed E-state index contributed by atoms with van der Waals surface area (Å²) >= 11 is 1.75. The fourth-order valence-corrected chi connectivity index (χ4v) is 2.91. The van der Waals surface area contributed by atoms with E-state index in [-0.39, 0.29) is 0 Å². The van der Waals surface area contributed by atoms with Gasteiger partial charge in [0.2, 0.25) is 0 Å². The standard InChI is InChI=1S/C12H21N3S/c1-9(2)12-6-13-4-5-15(12)7-11-8-16-10(3)14-11/h8-9,12-13H,4-7H2,1-3H3. The van der Waals surface area contributed by atoms with Crippen molar-refractivity contribution in [1.29, 1.82) is 0 Å². The summed E-state index contributed by atoms with van der Waals surface area (Å²) in [5, 5.41) is 6.84. The van der Waals surface area contributed by atoms with Gasteiger partial charge in [-0.1, -0.05) is 13.8 Å². The van der Waals surface area contributed by atoms with Gasteiger partial charge in [-0.3, -0.25) is 4.90 Å². The van der Waals surface area contributed by atoms with Crippen LogP contribution in [0.2, 0.25) is 0 Å². The molecular weight excluding hydrogens is 218 g/mol. The molecule has 1 aliphatic rings. The van der Waals surface area contributed by atoms with E-state index in [4.69, 9.17) is 0 Å². The van der Waals surface area contributed by atoms with Gasteiger partial charge < -0.3 is 5.32 Å². The molecule has 0 spiro atoms. The Kier molecular flexibility index (Phi) is 3.95. The van der Waals surface area contributed by atoms with Gasteiger partial charge in [-0.05, 0) is 12.8 Å². The third-order valence-corrected chi connectivity index (χ3v) is 4.02. The van der Waals surface area contributed by atoms with Crippen molar-refractivity contribution in [2.24, 2.45) is 5.92 Å². The molecule has 4 heteroatoms. The highest BCUT2D eigenvalue weighted by atomic mass is 32.1. The number of nitrogens with zero attached hydrogens (tertiary/aromatic N) is 2. The normalized spacial score (nSPS) is 22.9. The molecule has 1 atom stereocenters. The first-order chi connectivity index (χ1) is 7.66. The molecule has 0 aliphatic carbocycles. The molecule has 1 aromatic rings. The van der Waals surface area contributed by atoms with E-state index < -0.39 is 0 Å². The first kappa shape index (κ1) is 12.0. The minimum Gasteiger partial charge on any atom is -0.314 e. The lowest BCUT2D eigenvalue weighted by Gasteiger charge is -2.38. The second-order valence-corrected chi connectivity index (χ2v) is 5.91. The zero-order chi connectivity index (χ0) is 11.5. The molecule has 2 heterocycles. The molecule has 0 aromatic carbocycles. The van der Waals surface area contributed by atoms with Crippen LogP contribution in [0.5, 0.6) is 0 Å². The summed E-state index contributed by atoms with van der Waals surface area (Å²) in [6.07, 6.45) is 0.